The Bertz CT molecular complexity index is 975. The van der Waals surface area contributed by atoms with Crippen molar-refractivity contribution >= 4 is 17.8 Å². The number of nitrogens with zero attached hydrogens (tertiary/aromatic N) is 2. The summed E-state index contributed by atoms with van der Waals surface area (Å²) in [5.41, 5.74) is 8.81. The zero-order valence-electron chi connectivity index (χ0n) is 18.1. The molecule has 3 rings (SSSR count). The number of amides is 4. The summed E-state index contributed by atoms with van der Waals surface area (Å²) in [7, 11) is 0. The Morgan fingerprint density at radius 2 is 1.97 bits per heavy atom. The number of aromatic nitrogens is 1. The summed E-state index contributed by atoms with van der Waals surface area (Å²) in [6.07, 6.45) is 3.25. The lowest BCUT2D eigenvalue weighted by Crippen LogP contribution is -2.54. The molecule has 31 heavy (non-hydrogen) atoms. The summed E-state index contributed by atoms with van der Waals surface area (Å²) in [5.74, 6) is -0.521. The van der Waals surface area contributed by atoms with Crippen LogP contribution in [0.2, 0.25) is 0 Å². The number of rotatable bonds is 6. The SMILES string of the molecule is Cc1cnccc1C(=O)NCC1CN(C(=O)[C@@H](NC(N)=O)C(C)C)Cc2ccccc21. The van der Waals surface area contributed by atoms with E-state index in [9.17, 15) is 14.4 Å². The molecule has 1 unspecified atom stereocenters. The molecule has 0 saturated heterocycles. The van der Waals surface area contributed by atoms with E-state index in [0.717, 1.165) is 16.7 Å². The Morgan fingerprint density at radius 3 is 2.65 bits per heavy atom. The van der Waals surface area contributed by atoms with Gasteiger partial charge in [0.05, 0.1) is 0 Å². The minimum absolute atomic E-state index is 0.0682. The van der Waals surface area contributed by atoms with Gasteiger partial charge in [0.2, 0.25) is 5.91 Å². The third kappa shape index (κ3) is 5.20. The Labute approximate surface area is 182 Å². The molecule has 1 aromatic carbocycles. The van der Waals surface area contributed by atoms with Gasteiger partial charge in [-0.3, -0.25) is 14.6 Å². The van der Waals surface area contributed by atoms with Crippen LogP contribution in [0.1, 0.15) is 46.8 Å². The summed E-state index contributed by atoms with van der Waals surface area (Å²) < 4.78 is 0. The molecule has 1 aliphatic heterocycles. The lowest BCUT2D eigenvalue weighted by atomic mass is 9.88. The first-order chi connectivity index (χ1) is 14.8. The molecule has 1 aliphatic rings. The van der Waals surface area contributed by atoms with Crippen molar-refractivity contribution in [1.82, 2.24) is 20.5 Å². The maximum atomic E-state index is 13.2. The highest BCUT2D eigenvalue weighted by Crippen LogP contribution is 2.29. The van der Waals surface area contributed by atoms with Gasteiger partial charge < -0.3 is 21.3 Å². The number of aryl methyl sites for hydroxylation is 1. The molecule has 8 heteroatoms. The van der Waals surface area contributed by atoms with Gasteiger partial charge in [-0.25, -0.2) is 4.79 Å². The Hall–Kier alpha value is -3.42. The number of benzene rings is 1. The van der Waals surface area contributed by atoms with Crippen LogP contribution in [-0.4, -0.2) is 46.9 Å². The summed E-state index contributed by atoms with van der Waals surface area (Å²) in [5, 5.41) is 5.56. The Morgan fingerprint density at radius 1 is 1.23 bits per heavy atom. The topological polar surface area (TPSA) is 117 Å². The van der Waals surface area contributed by atoms with Gasteiger partial charge in [0.25, 0.3) is 5.91 Å². The predicted molar refractivity (Wildman–Crippen MR) is 117 cm³/mol. The molecule has 2 aromatic rings. The van der Waals surface area contributed by atoms with Crippen LogP contribution in [0.4, 0.5) is 4.79 Å². The van der Waals surface area contributed by atoms with Crippen molar-refractivity contribution in [3.05, 3.63) is 65.0 Å². The Kier molecular flexibility index (Phi) is 6.89. The molecule has 0 radical (unpaired) electrons. The zero-order valence-corrected chi connectivity index (χ0v) is 18.1. The fourth-order valence-electron chi connectivity index (χ4n) is 3.96. The molecule has 164 valence electrons. The van der Waals surface area contributed by atoms with Crippen LogP contribution in [0.3, 0.4) is 0 Å². The fraction of sp³-hybridized carbons (Fsp3) is 0.391. The van der Waals surface area contributed by atoms with Crippen LogP contribution in [0, 0.1) is 12.8 Å². The lowest BCUT2D eigenvalue weighted by molar-refractivity contribution is -0.135. The van der Waals surface area contributed by atoms with E-state index in [0.29, 0.717) is 25.2 Å². The highest BCUT2D eigenvalue weighted by atomic mass is 16.2. The van der Waals surface area contributed by atoms with Crippen molar-refractivity contribution < 1.29 is 14.4 Å². The second kappa shape index (κ2) is 9.59. The van der Waals surface area contributed by atoms with Crippen molar-refractivity contribution in [2.24, 2.45) is 11.7 Å². The normalized spacial score (nSPS) is 16.4. The first-order valence-electron chi connectivity index (χ1n) is 10.4. The second-order valence-electron chi connectivity index (χ2n) is 8.25. The van der Waals surface area contributed by atoms with Crippen molar-refractivity contribution in [3.63, 3.8) is 0 Å². The Balaban J connectivity index is 1.78. The van der Waals surface area contributed by atoms with E-state index in [2.05, 4.69) is 15.6 Å². The molecule has 0 saturated carbocycles. The number of fused-ring (bicyclic) bond motifs is 1. The van der Waals surface area contributed by atoms with E-state index < -0.39 is 12.1 Å². The quantitative estimate of drug-likeness (QED) is 0.658. The molecule has 4 amide bonds. The van der Waals surface area contributed by atoms with Crippen LogP contribution in [0.25, 0.3) is 0 Å². The molecule has 0 fully saturated rings. The summed E-state index contributed by atoms with van der Waals surface area (Å²) in [6, 6.07) is 8.19. The highest BCUT2D eigenvalue weighted by Gasteiger charge is 2.33. The van der Waals surface area contributed by atoms with E-state index in [4.69, 9.17) is 5.73 Å². The first-order valence-corrected chi connectivity index (χ1v) is 10.4. The average molecular weight is 424 g/mol. The highest BCUT2D eigenvalue weighted by molar-refractivity contribution is 5.95. The fourth-order valence-corrected chi connectivity index (χ4v) is 3.96. The number of urea groups is 1. The molecule has 2 heterocycles. The smallest absolute Gasteiger partial charge is 0.312 e. The molecule has 1 aromatic heterocycles. The van der Waals surface area contributed by atoms with Crippen molar-refractivity contribution in [2.45, 2.75) is 39.3 Å². The first kappa shape index (κ1) is 22.3. The van der Waals surface area contributed by atoms with Crippen LogP contribution in [0.15, 0.2) is 42.7 Å². The molecular weight excluding hydrogens is 394 g/mol. The van der Waals surface area contributed by atoms with Gasteiger partial charge in [0.1, 0.15) is 6.04 Å². The predicted octanol–water partition coefficient (Wildman–Crippen LogP) is 1.94. The lowest BCUT2D eigenvalue weighted by Gasteiger charge is -2.37. The van der Waals surface area contributed by atoms with E-state index in [-0.39, 0.29) is 23.7 Å². The van der Waals surface area contributed by atoms with Gasteiger partial charge in [-0.1, -0.05) is 38.1 Å². The van der Waals surface area contributed by atoms with Crippen molar-refractivity contribution in [1.29, 1.82) is 0 Å². The van der Waals surface area contributed by atoms with Crippen molar-refractivity contribution in [3.8, 4) is 0 Å². The number of hydrogen-bond acceptors (Lipinski definition) is 4. The van der Waals surface area contributed by atoms with Gasteiger partial charge in [-0.05, 0) is 35.6 Å². The molecular formula is C23H29N5O3. The minimum Gasteiger partial charge on any atom is -0.352 e. The number of primary amides is 1. The van der Waals surface area contributed by atoms with E-state index >= 15 is 0 Å². The molecule has 0 aliphatic carbocycles. The summed E-state index contributed by atoms with van der Waals surface area (Å²) >= 11 is 0. The maximum absolute atomic E-state index is 13.2. The standard InChI is InChI=1S/C23H29N5O3/c1-14(2)20(27-23(24)31)22(30)28-12-16-6-4-5-7-19(16)17(13-28)11-26-21(29)18-8-9-25-10-15(18)3/h4-10,14,17,20H,11-13H2,1-3H3,(H,26,29)(H3,24,27,31)/t17?,20-/m0/s1. The number of carbonyl (C=O) groups is 3. The molecule has 8 nitrogen and oxygen atoms in total. The third-order valence-corrected chi connectivity index (χ3v) is 5.61. The minimum atomic E-state index is -0.721. The van der Waals surface area contributed by atoms with Crippen molar-refractivity contribution in [2.75, 3.05) is 13.1 Å². The van der Waals surface area contributed by atoms with Gasteiger partial charge in [-0.2, -0.15) is 0 Å². The zero-order chi connectivity index (χ0) is 22.5. The van der Waals surface area contributed by atoms with Gasteiger partial charge >= 0.3 is 6.03 Å². The van der Waals surface area contributed by atoms with Crippen LogP contribution in [-0.2, 0) is 11.3 Å². The van der Waals surface area contributed by atoms with Gasteiger partial charge in [-0.15, -0.1) is 0 Å². The average Bonchev–Trinajstić information content (AvgIpc) is 2.75. The molecule has 2 atom stereocenters. The molecule has 4 N–H and O–H groups in total. The number of pyridine rings is 1. The number of nitrogens with one attached hydrogen (secondary N) is 2. The van der Waals surface area contributed by atoms with E-state index in [1.807, 2.05) is 45.0 Å². The van der Waals surface area contributed by atoms with Gasteiger partial charge in [0.15, 0.2) is 0 Å². The monoisotopic (exact) mass is 423 g/mol. The maximum Gasteiger partial charge on any atom is 0.312 e. The largest absolute Gasteiger partial charge is 0.352 e. The van der Waals surface area contributed by atoms with Crippen LogP contribution >= 0.6 is 0 Å². The second-order valence-corrected chi connectivity index (χ2v) is 8.25. The number of carbonyl (C=O) groups excluding carboxylic acids is 3. The number of nitrogens with two attached hydrogens (primary N) is 1. The van der Waals surface area contributed by atoms with Crippen LogP contribution in [0.5, 0.6) is 0 Å². The summed E-state index contributed by atoms with van der Waals surface area (Å²) in [6.45, 7) is 6.85. The van der Waals surface area contributed by atoms with Gasteiger partial charge in [0, 0.05) is 43.5 Å². The molecule has 0 spiro atoms. The van der Waals surface area contributed by atoms with Crippen LogP contribution < -0.4 is 16.4 Å². The third-order valence-electron chi connectivity index (χ3n) is 5.61. The van der Waals surface area contributed by atoms with E-state index in [1.165, 1.54) is 0 Å². The number of hydrogen-bond donors (Lipinski definition) is 3. The summed E-state index contributed by atoms with van der Waals surface area (Å²) in [4.78, 5) is 43.0. The molecule has 0 bridgehead atoms. The van der Waals surface area contributed by atoms with E-state index in [1.54, 1.807) is 23.4 Å².